The van der Waals surface area contributed by atoms with Gasteiger partial charge in [0, 0.05) is 6.04 Å². The fourth-order valence-corrected chi connectivity index (χ4v) is 6.34. The van der Waals surface area contributed by atoms with Crippen molar-refractivity contribution >= 4 is 35.4 Å². The molecule has 1 saturated heterocycles. The molecule has 0 radical (unpaired) electrons. The molecule has 2 aliphatic rings. The third-order valence-electron chi connectivity index (χ3n) is 5.04. The van der Waals surface area contributed by atoms with Gasteiger partial charge in [0.1, 0.15) is 0 Å². The van der Waals surface area contributed by atoms with E-state index in [1.54, 1.807) is 12.1 Å². The summed E-state index contributed by atoms with van der Waals surface area (Å²) in [7, 11) is 0. The second-order valence-electron chi connectivity index (χ2n) is 7.06. The minimum absolute atomic E-state index is 0.205. The summed E-state index contributed by atoms with van der Waals surface area (Å²) in [5, 5.41) is 3.01. The molecular weight excluding hydrogens is 366 g/mol. The van der Waals surface area contributed by atoms with Crippen molar-refractivity contribution in [1.82, 2.24) is 5.32 Å². The third-order valence-corrected chi connectivity index (χ3v) is 8.05. The Hall–Kier alpha value is -1.14. The van der Waals surface area contributed by atoms with Gasteiger partial charge in [-0.3, -0.25) is 4.79 Å². The minimum Gasteiger partial charge on any atom is -0.452 e. The van der Waals surface area contributed by atoms with E-state index in [9.17, 15) is 9.59 Å². The van der Waals surface area contributed by atoms with Crippen molar-refractivity contribution in [3.8, 4) is 0 Å². The SMILES string of the molecule is CC1CCCCC1NC(=O)COC(=O)c1ccc(C2SCCCS2)cc1. The van der Waals surface area contributed by atoms with Crippen LogP contribution in [0.25, 0.3) is 0 Å². The average molecular weight is 394 g/mol. The highest BCUT2D eigenvalue weighted by atomic mass is 32.2. The molecule has 1 aliphatic carbocycles. The van der Waals surface area contributed by atoms with Crippen molar-refractivity contribution in [2.75, 3.05) is 18.1 Å². The Balaban J connectivity index is 1.46. The number of rotatable bonds is 5. The van der Waals surface area contributed by atoms with Gasteiger partial charge < -0.3 is 10.1 Å². The quantitative estimate of drug-likeness (QED) is 0.751. The summed E-state index contributed by atoms with van der Waals surface area (Å²) >= 11 is 3.91. The van der Waals surface area contributed by atoms with Crippen LogP contribution in [0.1, 0.15) is 59.5 Å². The molecule has 2 atom stereocenters. The molecule has 1 saturated carbocycles. The first-order chi connectivity index (χ1) is 12.6. The second-order valence-corrected chi connectivity index (χ2v) is 9.79. The number of carbonyl (C=O) groups is 2. The van der Waals surface area contributed by atoms with Crippen LogP contribution in [0.3, 0.4) is 0 Å². The lowest BCUT2D eigenvalue weighted by Crippen LogP contribution is -2.42. The van der Waals surface area contributed by atoms with Crippen LogP contribution in [0, 0.1) is 5.92 Å². The van der Waals surface area contributed by atoms with Crippen LogP contribution in [-0.2, 0) is 9.53 Å². The lowest BCUT2D eigenvalue weighted by Gasteiger charge is -2.29. The number of benzene rings is 1. The van der Waals surface area contributed by atoms with Crippen LogP contribution < -0.4 is 5.32 Å². The number of carbonyl (C=O) groups excluding carboxylic acids is 2. The largest absolute Gasteiger partial charge is 0.452 e. The number of esters is 1. The van der Waals surface area contributed by atoms with Crippen LogP contribution in [0.5, 0.6) is 0 Å². The fourth-order valence-electron chi connectivity index (χ4n) is 3.45. The van der Waals surface area contributed by atoms with Crippen molar-refractivity contribution < 1.29 is 14.3 Å². The fraction of sp³-hybridized carbons (Fsp3) is 0.600. The first-order valence-electron chi connectivity index (χ1n) is 9.43. The molecule has 1 aliphatic heterocycles. The minimum atomic E-state index is -0.438. The van der Waals surface area contributed by atoms with Crippen molar-refractivity contribution in [2.24, 2.45) is 5.92 Å². The lowest BCUT2D eigenvalue weighted by atomic mass is 9.86. The predicted molar refractivity (Wildman–Crippen MR) is 109 cm³/mol. The monoisotopic (exact) mass is 393 g/mol. The molecule has 2 fully saturated rings. The Kier molecular flexibility index (Phi) is 7.32. The molecule has 0 aromatic heterocycles. The van der Waals surface area contributed by atoms with E-state index in [0.29, 0.717) is 16.1 Å². The Labute approximate surface area is 164 Å². The molecule has 6 heteroatoms. The molecule has 26 heavy (non-hydrogen) atoms. The van der Waals surface area contributed by atoms with Crippen LogP contribution in [0.15, 0.2) is 24.3 Å². The van der Waals surface area contributed by atoms with Crippen LogP contribution >= 0.6 is 23.5 Å². The van der Waals surface area contributed by atoms with E-state index in [0.717, 1.165) is 19.3 Å². The molecule has 1 amide bonds. The van der Waals surface area contributed by atoms with E-state index < -0.39 is 5.97 Å². The van der Waals surface area contributed by atoms with Gasteiger partial charge in [0.2, 0.25) is 0 Å². The topological polar surface area (TPSA) is 55.4 Å². The summed E-state index contributed by atoms with van der Waals surface area (Å²) in [6.45, 7) is 1.96. The van der Waals surface area contributed by atoms with Gasteiger partial charge >= 0.3 is 5.97 Å². The molecule has 0 bridgehead atoms. The average Bonchev–Trinajstić information content (AvgIpc) is 2.69. The third kappa shape index (κ3) is 5.43. The smallest absolute Gasteiger partial charge is 0.338 e. The molecule has 1 aromatic rings. The van der Waals surface area contributed by atoms with E-state index >= 15 is 0 Å². The summed E-state index contributed by atoms with van der Waals surface area (Å²) in [6, 6.07) is 7.80. The van der Waals surface area contributed by atoms with Crippen molar-refractivity contribution in [3.63, 3.8) is 0 Å². The maximum absolute atomic E-state index is 12.2. The number of ether oxygens (including phenoxy) is 1. The Morgan fingerprint density at radius 3 is 2.46 bits per heavy atom. The highest BCUT2D eigenvalue weighted by Crippen LogP contribution is 2.43. The van der Waals surface area contributed by atoms with Gasteiger partial charge in [-0.05, 0) is 54.4 Å². The number of amides is 1. The molecule has 2 unspecified atom stereocenters. The van der Waals surface area contributed by atoms with Gasteiger partial charge in [-0.2, -0.15) is 0 Å². The lowest BCUT2D eigenvalue weighted by molar-refractivity contribution is -0.125. The summed E-state index contributed by atoms with van der Waals surface area (Å²) in [5.74, 6) is 2.23. The normalized spacial score (nSPS) is 24.0. The summed E-state index contributed by atoms with van der Waals surface area (Å²) in [5.41, 5.74) is 1.73. The van der Waals surface area contributed by atoms with Gasteiger partial charge in [-0.15, -0.1) is 23.5 Å². The molecule has 3 rings (SSSR count). The van der Waals surface area contributed by atoms with E-state index in [-0.39, 0.29) is 18.6 Å². The number of nitrogens with one attached hydrogen (secondary N) is 1. The highest BCUT2D eigenvalue weighted by molar-refractivity contribution is 8.16. The van der Waals surface area contributed by atoms with Gasteiger partial charge in [-0.25, -0.2) is 4.79 Å². The standard InChI is InChI=1S/C20H27NO3S2/c1-14-5-2-3-6-17(14)21-18(22)13-24-19(23)15-7-9-16(10-8-15)20-25-11-4-12-26-20/h7-10,14,17,20H,2-6,11-13H2,1H3,(H,21,22). The number of thioether (sulfide) groups is 2. The maximum Gasteiger partial charge on any atom is 0.338 e. The van der Waals surface area contributed by atoms with Crippen molar-refractivity contribution in [1.29, 1.82) is 0 Å². The molecule has 1 N–H and O–H groups in total. The highest BCUT2D eigenvalue weighted by Gasteiger charge is 2.23. The summed E-state index contributed by atoms with van der Waals surface area (Å²) in [6.07, 6.45) is 5.81. The Morgan fingerprint density at radius 1 is 1.08 bits per heavy atom. The van der Waals surface area contributed by atoms with Crippen molar-refractivity contribution in [3.05, 3.63) is 35.4 Å². The second kappa shape index (κ2) is 9.70. The first-order valence-corrected chi connectivity index (χ1v) is 11.5. The van der Waals surface area contributed by atoms with Crippen LogP contribution in [0.4, 0.5) is 0 Å². The zero-order valence-electron chi connectivity index (χ0n) is 15.2. The zero-order valence-corrected chi connectivity index (χ0v) is 16.9. The molecule has 142 valence electrons. The molecular formula is C20H27NO3S2. The van der Waals surface area contributed by atoms with Crippen LogP contribution in [-0.4, -0.2) is 36.0 Å². The number of hydrogen-bond acceptors (Lipinski definition) is 5. The molecule has 4 nitrogen and oxygen atoms in total. The van der Waals surface area contributed by atoms with Gasteiger partial charge in [-0.1, -0.05) is 31.9 Å². The van der Waals surface area contributed by atoms with Gasteiger partial charge in [0.05, 0.1) is 10.1 Å². The molecule has 1 aromatic carbocycles. The maximum atomic E-state index is 12.2. The molecule has 1 heterocycles. The van der Waals surface area contributed by atoms with E-state index in [2.05, 4.69) is 12.2 Å². The molecule has 0 spiro atoms. The first kappa shape index (κ1) is 19.6. The van der Waals surface area contributed by atoms with E-state index in [1.807, 2.05) is 35.7 Å². The van der Waals surface area contributed by atoms with Crippen molar-refractivity contribution in [2.45, 2.75) is 49.7 Å². The number of hydrogen-bond donors (Lipinski definition) is 1. The van der Waals surface area contributed by atoms with Gasteiger partial charge in [0.15, 0.2) is 6.61 Å². The van der Waals surface area contributed by atoms with Crippen LogP contribution in [0.2, 0.25) is 0 Å². The van der Waals surface area contributed by atoms with Gasteiger partial charge in [0.25, 0.3) is 5.91 Å². The van der Waals surface area contributed by atoms with E-state index in [4.69, 9.17) is 4.74 Å². The summed E-state index contributed by atoms with van der Waals surface area (Å²) < 4.78 is 5.65. The summed E-state index contributed by atoms with van der Waals surface area (Å²) in [4.78, 5) is 24.2. The predicted octanol–water partition coefficient (Wildman–Crippen LogP) is 4.41. The zero-order chi connectivity index (χ0) is 18.4. The Morgan fingerprint density at radius 2 is 1.77 bits per heavy atom. The van der Waals surface area contributed by atoms with E-state index in [1.165, 1.54) is 29.9 Å². The Bertz CT molecular complexity index is 614.